The zero-order valence-corrected chi connectivity index (χ0v) is 13.3. The molecule has 0 bridgehead atoms. The Balaban J connectivity index is 2.93. The van der Waals surface area contributed by atoms with Gasteiger partial charge < -0.3 is 4.74 Å². The maximum atomic E-state index is 11.8. The molecular weight excluding hydrogens is 383 g/mol. The van der Waals surface area contributed by atoms with Gasteiger partial charge in [0.25, 0.3) is 0 Å². The zero-order chi connectivity index (χ0) is 12.3. The first-order valence-electron chi connectivity index (χ1n) is 4.91. The van der Waals surface area contributed by atoms with Gasteiger partial charge in [-0.3, -0.25) is 0 Å². The van der Waals surface area contributed by atoms with Gasteiger partial charge in [0.15, 0.2) is 0 Å². The highest BCUT2D eigenvalue weighted by Crippen LogP contribution is 2.19. The lowest BCUT2D eigenvalue weighted by molar-refractivity contribution is 0.00694. The van der Waals surface area contributed by atoms with Gasteiger partial charge in [-0.15, -0.1) is 0 Å². The SMILES string of the molecule is CC(C)(C)OC(=O)c1ccc(I)c(CBr)c1. The van der Waals surface area contributed by atoms with Gasteiger partial charge in [-0.05, 0) is 67.1 Å². The molecule has 0 aliphatic carbocycles. The highest BCUT2D eigenvalue weighted by molar-refractivity contribution is 14.1. The molecule has 1 rings (SSSR count). The van der Waals surface area contributed by atoms with E-state index in [0.717, 1.165) is 14.5 Å². The molecule has 0 fully saturated rings. The van der Waals surface area contributed by atoms with Crippen molar-refractivity contribution < 1.29 is 9.53 Å². The van der Waals surface area contributed by atoms with Gasteiger partial charge in [0.1, 0.15) is 5.60 Å². The Morgan fingerprint density at radius 3 is 2.56 bits per heavy atom. The van der Waals surface area contributed by atoms with Crippen LogP contribution in [-0.4, -0.2) is 11.6 Å². The third-order valence-electron chi connectivity index (χ3n) is 1.82. The maximum Gasteiger partial charge on any atom is 0.338 e. The van der Waals surface area contributed by atoms with E-state index in [1.54, 1.807) is 6.07 Å². The van der Waals surface area contributed by atoms with Gasteiger partial charge in [-0.1, -0.05) is 15.9 Å². The summed E-state index contributed by atoms with van der Waals surface area (Å²) in [6.07, 6.45) is 0. The summed E-state index contributed by atoms with van der Waals surface area (Å²) in [6, 6.07) is 5.59. The number of hydrogen-bond acceptors (Lipinski definition) is 2. The van der Waals surface area contributed by atoms with Crippen molar-refractivity contribution in [3.8, 4) is 0 Å². The smallest absolute Gasteiger partial charge is 0.338 e. The first-order valence-corrected chi connectivity index (χ1v) is 7.11. The molecule has 4 heteroatoms. The lowest BCUT2D eigenvalue weighted by Crippen LogP contribution is -2.24. The van der Waals surface area contributed by atoms with Crippen molar-refractivity contribution in [2.24, 2.45) is 0 Å². The maximum absolute atomic E-state index is 11.8. The third-order valence-corrected chi connectivity index (χ3v) is 3.48. The summed E-state index contributed by atoms with van der Waals surface area (Å²) in [7, 11) is 0. The number of benzene rings is 1. The third kappa shape index (κ3) is 4.05. The van der Waals surface area contributed by atoms with Crippen molar-refractivity contribution in [3.63, 3.8) is 0 Å². The molecular formula is C12H14BrIO2. The van der Waals surface area contributed by atoms with Crippen LogP contribution in [0.2, 0.25) is 0 Å². The number of ether oxygens (including phenoxy) is 1. The zero-order valence-electron chi connectivity index (χ0n) is 9.51. The summed E-state index contributed by atoms with van der Waals surface area (Å²) in [6.45, 7) is 5.59. The van der Waals surface area contributed by atoms with E-state index in [1.165, 1.54) is 0 Å². The Bertz CT molecular complexity index is 396. The van der Waals surface area contributed by atoms with Crippen molar-refractivity contribution >= 4 is 44.5 Å². The molecule has 16 heavy (non-hydrogen) atoms. The molecule has 2 nitrogen and oxygen atoms in total. The van der Waals surface area contributed by atoms with Crippen LogP contribution in [0.1, 0.15) is 36.7 Å². The lowest BCUT2D eigenvalue weighted by atomic mass is 10.1. The molecule has 1 aromatic carbocycles. The second-order valence-corrected chi connectivity index (χ2v) is 6.16. The van der Waals surface area contributed by atoms with Crippen molar-refractivity contribution in [1.82, 2.24) is 0 Å². The van der Waals surface area contributed by atoms with Crippen molar-refractivity contribution in [2.75, 3.05) is 0 Å². The van der Waals surface area contributed by atoms with E-state index < -0.39 is 5.60 Å². The topological polar surface area (TPSA) is 26.3 Å². The van der Waals surface area contributed by atoms with Crippen LogP contribution in [0.15, 0.2) is 18.2 Å². The minimum Gasteiger partial charge on any atom is -0.456 e. The van der Waals surface area contributed by atoms with Crippen LogP contribution in [-0.2, 0) is 10.1 Å². The van der Waals surface area contributed by atoms with Gasteiger partial charge in [-0.2, -0.15) is 0 Å². The Hall–Kier alpha value is -0.100. The van der Waals surface area contributed by atoms with Crippen LogP contribution in [0, 0.1) is 3.57 Å². The summed E-state index contributed by atoms with van der Waals surface area (Å²) in [5.41, 5.74) is 1.25. The van der Waals surface area contributed by atoms with Crippen LogP contribution in [0.25, 0.3) is 0 Å². The van der Waals surface area contributed by atoms with Crippen LogP contribution < -0.4 is 0 Å². The van der Waals surface area contributed by atoms with E-state index >= 15 is 0 Å². The molecule has 0 spiro atoms. The molecule has 1 aromatic rings. The van der Waals surface area contributed by atoms with Gasteiger partial charge in [0.05, 0.1) is 5.56 Å². The average molecular weight is 397 g/mol. The standard InChI is InChI=1S/C12H14BrIO2/c1-12(2,3)16-11(15)8-4-5-10(14)9(6-8)7-13/h4-6H,7H2,1-3H3. The lowest BCUT2D eigenvalue weighted by Gasteiger charge is -2.19. The molecule has 0 heterocycles. The van der Waals surface area contributed by atoms with Crippen molar-refractivity contribution in [3.05, 3.63) is 32.9 Å². The molecule has 0 unspecified atom stereocenters. The predicted octanol–water partition coefficient (Wildman–Crippen LogP) is 4.14. The normalized spacial score (nSPS) is 11.3. The number of carbonyl (C=O) groups is 1. The second kappa shape index (κ2) is 5.49. The monoisotopic (exact) mass is 396 g/mol. The van der Waals surface area contributed by atoms with E-state index in [9.17, 15) is 4.79 Å². The van der Waals surface area contributed by atoms with Gasteiger partial charge in [0.2, 0.25) is 0 Å². The number of esters is 1. The van der Waals surface area contributed by atoms with E-state index in [1.807, 2.05) is 32.9 Å². The molecule has 0 saturated carbocycles. The highest BCUT2D eigenvalue weighted by atomic mass is 127. The fourth-order valence-corrected chi connectivity index (χ4v) is 2.66. The van der Waals surface area contributed by atoms with Crippen LogP contribution in [0.4, 0.5) is 0 Å². The number of rotatable bonds is 2. The van der Waals surface area contributed by atoms with Crippen LogP contribution in [0.5, 0.6) is 0 Å². The molecule has 0 radical (unpaired) electrons. The summed E-state index contributed by atoms with van der Waals surface area (Å²) >= 11 is 5.64. The van der Waals surface area contributed by atoms with Crippen LogP contribution >= 0.6 is 38.5 Å². The van der Waals surface area contributed by atoms with Gasteiger partial charge in [-0.25, -0.2) is 4.79 Å². The molecule has 0 aliphatic rings. The molecule has 0 saturated heterocycles. The van der Waals surface area contributed by atoms with Crippen LogP contribution in [0.3, 0.4) is 0 Å². The Morgan fingerprint density at radius 1 is 1.44 bits per heavy atom. The molecule has 0 amide bonds. The van der Waals surface area contributed by atoms with Crippen molar-refractivity contribution in [2.45, 2.75) is 31.7 Å². The summed E-state index contributed by atoms with van der Waals surface area (Å²) in [5, 5.41) is 0.738. The van der Waals surface area contributed by atoms with E-state index in [2.05, 4.69) is 38.5 Å². The first-order chi connectivity index (χ1) is 7.33. The molecule has 0 aliphatic heterocycles. The fourth-order valence-electron chi connectivity index (χ4n) is 1.14. The number of hydrogen-bond donors (Lipinski definition) is 0. The molecule has 0 aromatic heterocycles. The minimum absolute atomic E-state index is 0.272. The summed E-state index contributed by atoms with van der Waals surface area (Å²) < 4.78 is 6.45. The van der Waals surface area contributed by atoms with E-state index in [4.69, 9.17) is 4.74 Å². The quantitative estimate of drug-likeness (QED) is 0.426. The molecule has 0 N–H and O–H groups in total. The Morgan fingerprint density at radius 2 is 2.06 bits per heavy atom. The fraction of sp³-hybridized carbons (Fsp3) is 0.417. The Kier molecular flexibility index (Phi) is 4.79. The number of carbonyl (C=O) groups excluding carboxylic acids is 1. The van der Waals surface area contributed by atoms with E-state index in [-0.39, 0.29) is 5.97 Å². The first kappa shape index (κ1) is 14.0. The minimum atomic E-state index is -0.450. The predicted molar refractivity (Wildman–Crippen MR) is 77.0 cm³/mol. The second-order valence-electron chi connectivity index (χ2n) is 4.44. The largest absolute Gasteiger partial charge is 0.456 e. The van der Waals surface area contributed by atoms with Gasteiger partial charge in [0, 0.05) is 8.90 Å². The number of halogens is 2. The summed E-state index contributed by atoms with van der Waals surface area (Å²) in [4.78, 5) is 11.8. The molecule has 88 valence electrons. The molecule has 0 atom stereocenters. The summed E-state index contributed by atoms with van der Waals surface area (Å²) in [5.74, 6) is -0.272. The van der Waals surface area contributed by atoms with Gasteiger partial charge >= 0.3 is 5.97 Å². The number of alkyl halides is 1. The Labute approximate surface area is 118 Å². The van der Waals surface area contributed by atoms with Crippen molar-refractivity contribution in [1.29, 1.82) is 0 Å². The highest BCUT2D eigenvalue weighted by Gasteiger charge is 2.18. The van der Waals surface area contributed by atoms with E-state index in [0.29, 0.717) is 5.56 Å². The average Bonchev–Trinajstić information content (AvgIpc) is 2.15.